The molecule has 0 saturated carbocycles. The van der Waals surface area contributed by atoms with E-state index in [1.54, 1.807) is 0 Å². The lowest BCUT2D eigenvalue weighted by Gasteiger charge is -2.20. The van der Waals surface area contributed by atoms with E-state index in [-0.39, 0.29) is 12.5 Å². The summed E-state index contributed by atoms with van der Waals surface area (Å²) >= 11 is 0. The molecule has 168 valence electrons. The fraction of sp³-hybridized carbons (Fsp3) is 0.417. The fourth-order valence-electron chi connectivity index (χ4n) is 4.69. The number of carbonyl (C=O) groups is 1. The molecule has 3 heterocycles. The average molecular weight is 435 g/mol. The van der Waals surface area contributed by atoms with Gasteiger partial charge in [-0.1, -0.05) is 18.2 Å². The van der Waals surface area contributed by atoms with Crippen molar-refractivity contribution >= 4 is 28.2 Å². The highest BCUT2D eigenvalue weighted by molar-refractivity contribution is 6.16. The second kappa shape index (κ2) is 9.28. The summed E-state index contributed by atoms with van der Waals surface area (Å²) < 4.78 is 2.09. The van der Waals surface area contributed by atoms with Crippen molar-refractivity contribution in [2.75, 3.05) is 51.2 Å². The first-order valence-corrected chi connectivity index (χ1v) is 11.5. The van der Waals surface area contributed by atoms with E-state index in [0.29, 0.717) is 25.2 Å². The largest absolute Gasteiger partial charge is 0.395 e. The zero-order chi connectivity index (χ0) is 21.9. The van der Waals surface area contributed by atoms with Crippen LogP contribution in [-0.2, 0) is 6.54 Å². The molecule has 5 rings (SSSR count). The third-order valence-electron chi connectivity index (χ3n) is 6.31. The second-order valence-electron chi connectivity index (χ2n) is 8.40. The summed E-state index contributed by atoms with van der Waals surface area (Å²) in [6.45, 7) is 5.87. The first-order valence-electron chi connectivity index (χ1n) is 11.5. The number of hydrogen-bond donors (Lipinski definition) is 4. The van der Waals surface area contributed by atoms with Gasteiger partial charge < -0.3 is 26.0 Å². The monoisotopic (exact) mass is 434 g/mol. The lowest BCUT2D eigenvalue weighted by Crippen LogP contribution is -2.33. The minimum Gasteiger partial charge on any atom is -0.395 e. The highest BCUT2D eigenvalue weighted by Gasteiger charge is 2.27. The summed E-state index contributed by atoms with van der Waals surface area (Å²) in [6.07, 6.45) is 2.56. The summed E-state index contributed by atoms with van der Waals surface area (Å²) in [4.78, 5) is 15.5. The minimum absolute atomic E-state index is 0.0859. The third kappa shape index (κ3) is 3.97. The summed E-state index contributed by atoms with van der Waals surface area (Å²) in [7, 11) is 0. The molecule has 0 unspecified atom stereocenters. The Bertz CT molecular complexity index is 1120. The van der Waals surface area contributed by atoms with Crippen LogP contribution in [-0.4, -0.2) is 71.6 Å². The van der Waals surface area contributed by atoms with Crippen LogP contribution in [0.15, 0.2) is 36.4 Å². The standard InChI is InChI=1S/C24H30N6O2/c31-16-11-25-9-10-26-24(32)18-7-8-20-21-22(18)27-19-6-2-1-5-17(19)23(21)28-30(20)15-14-29-12-3-4-13-29/h1-2,5-8,25,27,31H,3-4,9-16H2,(H,26,32). The van der Waals surface area contributed by atoms with Gasteiger partial charge >= 0.3 is 0 Å². The van der Waals surface area contributed by atoms with Gasteiger partial charge in [0, 0.05) is 37.4 Å². The van der Waals surface area contributed by atoms with Crippen molar-refractivity contribution in [2.45, 2.75) is 19.4 Å². The van der Waals surface area contributed by atoms with Gasteiger partial charge in [0.25, 0.3) is 5.91 Å². The molecular weight excluding hydrogens is 404 g/mol. The number of aliphatic hydroxyl groups is 1. The van der Waals surface area contributed by atoms with Crippen molar-refractivity contribution in [2.24, 2.45) is 0 Å². The molecule has 1 aromatic heterocycles. The van der Waals surface area contributed by atoms with E-state index in [1.807, 2.05) is 30.3 Å². The number of para-hydroxylation sites is 1. The molecule has 2 aliphatic rings. The molecule has 4 N–H and O–H groups in total. The number of likely N-dealkylation sites (tertiary alicyclic amines) is 1. The maximum Gasteiger partial charge on any atom is 0.253 e. The Kier molecular flexibility index (Phi) is 6.07. The number of nitrogens with zero attached hydrogens (tertiary/aromatic N) is 3. The lowest BCUT2D eigenvalue weighted by atomic mass is 9.97. The number of aliphatic hydroxyl groups excluding tert-OH is 1. The Balaban J connectivity index is 1.47. The maximum absolute atomic E-state index is 13.0. The number of aromatic nitrogens is 2. The van der Waals surface area contributed by atoms with Crippen LogP contribution in [0.1, 0.15) is 23.2 Å². The highest BCUT2D eigenvalue weighted by atomic mass is 16.3. The van der Waals surface area contributed by atoms with Crippen LogP contribution in [0.3, 0.4) is 0 Å². The molecule has 1 fully saturated rings. The SMILES string of the molecule is O=C(NCCNCCO)c1ccc2c3c(nn2CCN2CCCC2)-c2ccccc2Nc13. The van der Waals surface area contributed by atoms with Crippen molar-refractivity contribution < 1.29 is 9.90 Å². The van der Waals surface area contributed by atoms with Crippen LogP contribution in [0.2, 0.25) is 0 Å². The fourth-order valence-corrected chi connectivity index (χ4v) is 4.69. The molecule has 0 bridgehead atoms. The molecule has 1 saturated heterocycles. The van der Waals surface area contributed by atoms with E-state index < -0.39 is 0 Å². The summed E-state index contributed by atoms with van der Waals surface area (Å²) in [5.74, 6) is -0.115. The molecule has 8 nitrogen and oxygen atoms in total. The summed E-state index contributed by atoms with van der Waals surface area (Å²) in [6, 6.07) is 12.0. The molecule has 2 aliphatic heterocycles. The van der Waals surface area contributed by atoms with Gasteiger partial charge in [-0.15, -0.1) is 0 Å². The van der Waals surface area contributed by atoms with E-state index in [1.165, 1.54) is 25.9 Å². The summed E-state index contributed by atoms with van der Waals surface area (Å²) in [5, 5.41) is 24.4. The van der Waals surface area contributed by atoms with Gasteiger partial charge in [-0.2, -0.15) is 5.10 Å². The van der Waals surface area contributed by atoms with Gasteiger partial charge in [0.05, 0.1) is 35.3 Å². The smallest absolute Gasteiger partial charge is 0.253 e. The predicted molar refractivity (Wildman–Crippen MR) is 126 cm³/mol. The van der Waals surface area contributed by atoms with E-state index in [2.05, 4.69) is 31.6 Å². The Labute approximate surface area is 187 Å². The number of hydrogen-bond acceptors (Lipinski definition) is 6. The Morgan fingerprint density at radius 1 is 1.06 bits per heavy atom. The lowest BCUT2D eigenvalue weighted by molar-refractivity contribution is 0.0955. The Hall–Kier alpha value is -2.94. The quantitative estimate of drug-likeness (QED) is 0.302. The van der Waals surface area contributed by atoms with Crippen LogP contribution in [0.25, 0.3) is 22.2 Å². The van der Waals surface area contributed by atoms with Crippen molar-refractivity contribution in [3.63, 3.8) is 0 Å². The van der Waals surface area contributed by atoms with Crippen LogP contribution in [0.4, 0.5) is 11.4 Å². The van der Waals surface area contributed by atoms with Crippen molar-refractivity contribution in [3.05, 3.63) is 42.0 Å². The van der Waals surface area contributed by atoms with Crippen LogP contribution in [0, 0.1) is 0 Å². The Morgan fingerprint density at radius 3 is 2.75 bits per heavy atom. The van der Waals surface area contributed by atoms with E-state index in [0.717, 1.165) is 46.6 Å². The zero-order valence-electron chi connectivity index (χ0n) is 18.2. The van der Waals surface area contributed by atoms with Crippen LogP contribution < -0.4 is 16.0 Å². The first-order chi connectivity index (χ1) is 15.8. The molecule has 0 atom stereocenters. The molecule has 8 heteroatoms. The number of fused-ring (bicyclic) bond motifs is 2. The molecule has 1 amide bonds. The molecule has 0 spiro atoms. The van der Waals surface area contributed by atoms with Gasteiger partial charge in [-0.05, 0) is 44.1 Å². The maximum atomic E-state index is 13.0. The molecule has 3 aromatic rings. The molecular formula is C24H30N6O2. The molecule has 0 aliphatic carbocycles. The normalized spacial score (nSPS) is 15.0. The van der Waals surface area contributed by atoms with Gasteiger partial charge in [-0.25, -0.2) is 0 Å². The topological polar surface area (TPSA) is 94.5 Å². The van der Waals surface area contributed by atoms with Crippen molar-refractivity contribution in [1.29, 1.82) is 0 Å². The molecule has 0 radical (unpaired) electrons. The minimum atomic E-state index is -0.115. The van der Waals surface area contributed by atoms with Gasteiger partial charge in [-0.3, -0.25) is 9.48 Å². The average Bonchev–Trinajstić information content (AvgIpc) is 3.46. The third-order valence-corrected chi connectivity index (χ3v) is 6.31. The van der Waals surface area contributed by atoms with E-state index in [9.17, 15) is 4.79 Å². The number of amides is 1. The zero-order valence-corrected chi connectivity index (χ0v) is 18.2. The Morgan fingerprint density at radius 2 is 1.91 bits per heavy atom. The van der Waals surface area contributed by atoms with Gasteiger partial charge in [0.15, 0.2) is 0 Å². The number of carbonyl (C=O) groups excluding carboxylic acids is 1. The molecule has 32 heavy (non-hydrogen) atoms. The highest BCUT2D eigenvalue weighted by Crippen LogP contribution is 2.44. The van der Waals surface area contributed by atoms with Crippen LogP contribution >= 0.6 is 0 Å². The number of nitrogens with one attached hydrogen (secondary N) is 3. The first kappa shape index (κ1) is 20.9. The number of rotatable bonds is 9. The van der Waals surface area contributed by atoms with Crippen molar-refractivity contribution in [1.82, 2.24) is 25.3 Å². The number of anilines is 2. The predicted octanol–water partition coefficient (Wildman–Crippen LogP) is 2.17. The van der Waals surface area contributed by atoms with Gasteiger partial charge in [0.1, 0.15) is 5.69 Å². The van der Waals surface area contributed by atoms with Gasteiger partial charge in [0.2, 0.25) is 0 Å². The second-order valence-corrected chi connectivity index (χ2v) is 8.40. The summed E-state index contributed by atoms with van der Waals surface area (Å²) in [5.41, 5.74) is 5.47. The molecule has 2 aromatic carbocycles. The van der Waals surface area contributed by atoms with Crippen molar-refractivity contribution in [3.8, 4) is 11.3 Å². The number of benzene rings is 2. The van der Waals surface area contributed by atoms with Crippen LogP contribution in [0.5, 0.6) is 0 Å². The van der Waals surface area contributed by atoms with E-state index >= 15 is 0 Å². The van der Waals surface area contributed by atoms with E-state index in [4.69, 9.17) is 10.2 Å².